The Morgan fingerprint density at radius 2 is 1.18 bits per heavy atom. The fourth-order valence-corrected chi connectivity index (χ4v) is 1.55. The number of rotatable bonds is 7. The molecule has 0 saturated carbocycles. The molecule has 0 aliphatic carbocycles. The van der Waals surface area contributed by atoms with E-state index >= 15 is 0 Å². The van der Waals surface area contributed by atoms with Crippen LogP contribution in [0, 0.1) is 0 Å². The van der Waals surface area contributed by atoms with Crippen LogP contribution in [0.3, 0.4) is 0 Å². The van der Waals surface area contributed by atoms with E-state index in [1.807, 2.05) is 0 Å². The Bertz CT molecular complexity index is 463. The summed E-state index contributed by atoms with van der Waals surface area (Å²) in [6.07, 6.45) is -18.1. The molecular weight excluding hydrogens is 361 g/mol. The Hall–Kier alpha value is -0.193. The molecule has 0 bridgehead atoms. The van der Waals surface area contributed by atoms with Crippen molar-refractivity contribution in [3.8, 4) is 0 Å². The molecule has 0 saturated heterocycles. The molecule has 3 nitrogen and oxygen atoms in total. The van der Waals surface area contributed by atoms with E-state index in [1.54, 1.807) is 0 Å². The van der Waals surface area contributed by atoms with E-state index in [2.05, 4.69) is 0 Å². The minimum atomic E-state index is -6.55. The first kappa shape index (κ1) is 24.1. The Labute approximate surface area is 130 Å². The van der Waals surface area contributed by atoms with Gasteiger partial charge in [0.15, 0.2) is 12.3 Å². The molecule has 0 aromatic heterocycles. The van der Waals surface area contributed by atoms with E-state index in [9.17, 15) is 52.3 Å². The standard InChI is InChI=1S/C7H6F10O3S.Li.H/c8-1(2(9)4(11)12)3(10)6(14,15)7(16,17)5(13)21(18,19)20;;/h1-5H,(H,18,19,20);;/q;+1;-1. The summed E-state index contributed by atoms with van der Waals surface area (Å²) in [5, 5.41) is 0. The molecule has 0 aliphatic heterocycles. The summed E-state index contributed by atoms with van der Waals surface area (Å²) in [7, 11) is -6.47. The third kappa shape index (κ3) is 4.65. The second-order valence-corrected chi connectivity index (χ2v) is 5.15. The molecule has 0 rings (SSSR count). The summed E-state index contributed by atoms with van der Waals surface area (Å²) < 4.78 is 153. The minimum Gasteiger partial charge on any atom is -1.00 e. The second kappa shape index (κ2) is 7.58. The zero-order chi connectivity index (χ0) is 17.4. The van der Waals surface area contributed by atoms with Crippen LogP contribution in [-0.4, -0.2) is 55.3 Å². The summed E-state index contributed by atoms with van der Waals surface area (Å²) in [6, 6.07) is 0. The van der Waals surface area contributed by atoms with Gasteiger partial charge in [-0.3, -0.25) is 4.55 Å². The van der Waals surface area contributed by atoms with Crippen LogP contribution in [-0.2, 0) is 10.1 Å². The van der Waals surface area contributed by atoms with Crippen molar-refractivity contribution >= 4 is 10.1 Å². The van der Waals surface area contributed by atoms with Crippen molar-refractivity contribution in [2.75, 3.05) is 0 Å². The van der Waals surface area contributed by atoms with E-state index in [4.69, 9.17) is 4.55 Å². The Morgan fingerprint density at radius 3 is 1.45 bits per heavy atom. The topological polar surface area (TPSA) is 54.4 Å². The molecule has 4 atom stereocenters. The summed E-state index contributed by atoms with van der Waals surface area (Å²) >= 11 is 0. The van der Waals surface area contributed by atoms with Gasteiger partial charge < -0.3 is 1.43 Å². The number of halogens is 10. The zero-order valence-corrected chi connectivity index (χ0v) is 11.2. The van der Waals surface area contributed by atoms with Crippen molar-refractivity contribution in [3.63, 3.8) is 0 Å². The molecule has 1 N–H and O–H groups in total. The second-order valence-electron chi connectivity index (χ2n) is 3.70. The number of hydrogen-bond donors (Lipinski definition) is 1. The molecule has 0 radical (unpaired) electrons. The Morgan fingerprint density at radius 1 is 0.818 bits per heavy atom. The maximum Gasteiger partial charge on any atom is 1.00 e. The van der Waals surface area contributed by atoms with Gasteiger partial charge in [-0.05, 0) is 0 Å². The smallest absolute Gasteiger partial charge is 1.00 e. The first-order valence-corrected chi connectivity index (χ1v) is 6.15. The molecule has 4 unspecified atom stereocenters. The van der Waals surface area contributed by atoms with Crippen molar-refractivity contribution in [1.82, 2.24) is 0 Å². The maximum absolute atomic E-state index is 12.9. The molecule has 0 amide bonds. The molecule has 0 heterocycles. The van der Waals surface area contributed by atoms with Crippen molar-refractivity contribution in [2.45, 2.75) is 42.3 Å². The average molecular weight is 368 g/mol. The predicted octanol–water partition coefficient (Wildman–Crippen LogP) is -0.164. The van der Waals surface area contributed by atoms with Gasteiger partial charge in [0.2, 0.25) is 6.17 Å². The number of alkyl halides is 10. The zero-order valence-electron chi connectivity index (χ0n) is 11.3. The van der Waals surface area contributed by atoms with Gasteiger partial charge in [0.25, 0.3) is 11.9 Å². The van der Waals surface area contributed by atoms with Gasteiger partial charge in [-0.2, -0.15) is 26.0 Å². The van der Waals surface area contributed by atoms with Crippen LogP contribution in [0.1, 0.15) is 1.43 Å². The van der Waals surface area contributed by atoms with Crippen molar-refractivity contribution < 1.29 is 77.2 Å². The summed E-state index contributed by atoms with van der Waals surface area (Å²) in [5.74, 6) is -13.1. The summed E-state index contributed by atoms with van der Waals surface area (Å²) in [4.78, 5) is 0. The van der Waals surface area contributed by atoms with E-state index in [1.165, 1.54) is 0 Å². The molecule has 0 spiro atoms. The van der Waals surface area contributed by atoms with E-state index in [0.29, 0.717) is 0 Å². The average Bonchev–Trinajstić information content (AvgIpc) is 2.33. The molecule has 0 aromatic carbocycles. The van der Waals surface area contributed by atoms with E-state index in [-0.39, 0.29) is 20.3 Å². The number of hydrogen-bond acceptors (Lipinski definition) is 2. The van der Waals surface area contributed by atoms with E-state index in [0.717, 1.165) is 0 Å². The van der Waals surface area contributed by atoms with Gasteiger partial charge in [-0.1, -0.05) is 0 Å². The fourth-order valence-electron chi connectivity index (χ4n) is 1.02. The third-order valence-corrected chi connectivity index (χ3v) is 2.98. The van der Waals surface area contributed by atoms with Gasteiger partial charge in [-0.15, -0.1) is 0 Å². The Kier molecular flexibility index (Phi) is 8.30. The molecule has 130 valence electrons. The van der Waals surface area contributed by atoms with Crippen molar-refractivity contribution in [3.05, 3.63) is 0 Å². The summed E-state index contributed by atoms with van der Waals surface area (Å²) in [6.45, 7) is 0. The van der Waals surface area contributed by atoms with Gasteiger partial charge >= 0.3 is 40.8 Å². The third-order valence-electron chi connectivity index (χ3n) is 2.16. The molecule has 0 aliphatic rings. The Balaban J connectivity index is -0.00000200. The molecule has 0 aromatic rings. The van der Waals surface area contributed by atoms with Crippen LogP contribution in [0.4, 0.5) is 43.9 Å². The SMILES string of the molecule is O=S(=O)(O)C(F)C(F)(F)C(F)(F)C(F)C(F)C(F)C(F)F.[H-].[Li+]. The molecule has 15 heteroatoms. The van der Waals surface area contributed by atoms with E-state index < -0.39 is 52.4 Å². The summed E-state index contributed by atoms with van der Waals surface area (Å²) in [5.41, 5.74) is -5.09. The van der Waals surface area contributed by atoms with Crippen molar-refractivity contribution in [1.29, 1.82) is 0 Å². The van der Waals surface area contributed by atoms with Crippen LogP contribution in [0.5, 0.6) is 0 Å². The van der Waals surface area contributed by atoms with Crippen LogP contribution in [0.15, 0.2) is 0 Å². The normalized spacial score (nSPS) is 19.3. The minimum absolute atomic E-state index is 0. The fraction of sp³-hybridized carbons (Fsp3) is 1.00. The van der Waals surface area contributed by atoms with Crippen molar-refractivity contribution in [2.24, 2.45) is 0 Å². The predicted molar refractivity (Wildman–Crippen MR) is 48.1 cm³/mol. The van der Waals surface area contributed by atoms with Crippen LogP contribution in [0.2, 0.25) is 0 Å². The van der Waals surface area contributed by atoms with Gasteiger partial charge in [0.05, 0.1) is 0 Å². The monoisotopic (exact) mass is 368 g/mol. The first-order chi connectivity index (χ1) is 9.08. The maximum atomic E-state index is 12.9. The van der Waals surface area contributed by atoms with Gasteiger partial charge in [-0.25, -0.2) is 26.3 Å². The molecular formula is C7H7F10LiO3S. The van der Waals surface area contributed by atoms with Gasteiger partial charge in [0, 0.05) is 0 Å². The first-order valence-electron chi connectivity index (χ1n) is 4.64. The molecule has 0 fully saturated rings. The van der Waals surface area contributed by atoms with Gasteiger partial charge in [0.1, 0.15) is 0 Å². The quantitative estimate of drug-likeness (QED) is 0.386. The van der Waals surface area contributed by atoms with Crippen LogP contribution >= 0.6 is 0 Å². The van der Waals surface area contributed by atoms with Crippen LogP contribution < -0.4 is 18.9 Å². The largest absolute Gasteiger partial charge is 1.00 e. The molecule has 22 heavy (non-hydrogen) atoms. The van der Waals surface area contributed by atoms with Crippen LogP contribution in [0.25, 0.3) is 0 Å².